The Morgan fingerprint density at radius 2 is 2.33 bits per heavy atom. The van der Waals surface area contributed by atoms with Gasteiger partial charge in [-0.3, -0.25) is 4.79 Å². The molecule has 0 heterocycles. The van der Waals surface area contributed by atoms with Gasteiger partial charge in [0, 0.05) is 13.5 Å². The zero-order valence-corrected chi connectivity index (χ0v) is 5.89. The second-order valence-corrected chi connectivity index (χ2v) is 1.68. The first-order valence-electron chi connectivity index (χ1n) is 2.99. The van der Waals surface area contributed by atoms with Crippen LogP contribution in [0.5, 0.6) is 0 Å². The first-order chi connectivity index (χ1) is 4.31. The monoisotopic (exact) mass is 128 g/mol. The molecule has 0 fully saturated rings. The number of hydrogen-bond acceptors (Lipinski definition) is 2. The lowest BCUT2D eigenvalue weighted by Crippen LogP contribution is -1.89. The van der Waals surface area contributed by atoms with Crippen molar-refractivity contribution in [1.82, 2.24) is 0 Å². The first-order valence-corrected chi connectivity index (χ1v) is 2.99. The molecule has 0 saturated heterocycles. The lowest BCUT2D eigenvalue weighted by atomic mass is 10.3. The molecule has 0 atom stereocenters. The largest absolute Gasteiger partial charge is 0.381 e. The Morgan fingerprint density at radius 3 is 2.78 bits per heavy atom. The normalized spacial score (nSPS) is 10.4. The van der Waals surface area contributed by atoms with Crippen molar-refractivity contribution in [2.24, 2.45) is 0 Å². The lowest BCUT2D eigenvalue weighted by Gasteiger charge is -1.86. The molecule has 2 heteroatoms. The molecule has 0 aliphatic rings. The predicted octanol–water partition coefficient (Wildman–Crippen LogP) is 1.17. The Kier molecular flexibility index (Phi) is 5.12. The summed E-state index contributed by atoms with van der Waals surface area (Å²) < 4.78 is 4.70. The highest BCUT2D eigenvalue weighted by atomic mass is 16.5. The SMILES string of the molecule is CCC(=O)/C=C/COC. The molecule has 0 aliphatic heterocycles. The number of carbonyl (C=O) groups is 1. The van der Waals surface area contributed by atoms with Gasteiger partial charge in [-0.2, -0.15) is 0 Å². The van der Waals surface area contributed by atoms with Crippen molar-refractivity contribution in [3.8, 4) is 0 Å². The fourth-order valence-corrected chi connectivity index (χ4v) is 0.394. The molecule has 0 bridgehead atoms. The maximum Gasteiger partial charge on any atom is 0.155 e. The number of carbonyl (C=O) groups excluding carboxylic acids is 1. The van der Waals surface area contributed by atoms with Gasteiger partial charge in [0.1, 0.15) is 0 Å². The summed E-state index contributed by atoms with van der Waals surface area (Å²) in [4.78, 5) is 10.5. The quantitative estimate of drug-likeness (QED) is 0.531. The fourth-order valence-electron chi connectivity index (χ4n) is 0.394. The summed E-state index contributed by atoms with van der Waals surface area (Å²) in [5.41, 5.74) is 0. The van der Waals surface area contributed by atoms with Gasteiger partial charge in [0.2, 0.25) is 0 Å². The summed E-state index contributed by atoms with van der Waals surface area (Å²) in [6, 6.07) is 0. The minimum Gasteiger partial charge on any atom is -0.381 e. The van der Waals surface area contributed by atoms with E-state index in [0.29, 0.717) is 13.0 Å². The van der Waals surface area contributed by atoms with Gasteiger partial charge in [0.25, 0.3) is 0 Å². The van der Waals surface area contributed by atoms with Gasteiger partial charge in [-0.05, 0) is 6.08 Å². The minimum atomic E-state index is 0.145. The highest BCUT2D eigenvalue weighted by Crippen LogP contribution is 1.82. The molecule has 0 aromatic heterocycles. The molecule has 0 aliphatic carbocycles. The topological polar surface area (TPSA) is 26.3 Å². The van der Waals surface area contributed by atoms with Crippen LogP contribution in [0.2, 0.25) is 0 Å². The van der Waals surface area contributed by atoms with E-state index in [4.69, 9.17) is 4.74 Å². The van der Waals surface area contributed by atoms with E-state index in [1.54, 1.807) is 19.3 Å². The number of methoxy groups -OCH3 is 1. The van der Waals surface area contributed by atoms with Crippen molar-refractivity contribution in [2.75, 3.05) is 13.7 Å². The zero-order chi connectivity index (χ0) is 7.11. The van der Waals surface area contributed by atoms with E-state index in [9.17, 15) is 4.79 Å². The van der Waals surface area contributed by atoms with Crippen molar-refractivity contribution in [1.29, 1.82) is 0 Å². The Morgan fingerprint density at radius 1 is 1.67 bits per heavy atom. The van der Waals surface area contributed by atoms with Crippen LogP contribution in [-0.4, -0.2) is 19.5 Å². The van der Waals surface area contributed by atoms with Crippen LogP contribution < -0.4 is 0 Å². The van der Waals surface area contributed by atoms with E-state index >= 15 is 0 Å². The highest BCUT2D eigenvalue weighted by Gasteiger charge is 1.86. The van der Waals surface area contributed by atoms with E-state index in [1.165, 1.54) is 0 Å². The van der Waals surface area contributed by atoms with Crippen LogP contribution in [0.25, 0.3) is 0 Å². The molecular weight excluding hydrogens is 116 g/mol. The average molecular weight is 128 g/mol. The summed E-state index contributed by atoms with van der Waals surface area (Å²) in [6.07, 6.45) is 3.83. The van der Waals surface area contributed by atoms with E-state index in [0.717, 1.165) is 0 Å². The van der Waals surface area contributed by atoms with Crippen LogP contribution in [0.4, 0.5) is 0 Å². The number of ether oxygens (including phenoxy) is 1. The molecule has 0 radical (unpaired) electrons. The molecule has 0 saturated carbocycles. The van der Waals surface area contributed by atoms with Crippen molar-refractivity contribution >= 4 is 5.78 Å². The van der Waals surface area contributed by atoms with E-state index < -0.39 is 0 Å². The first kappa shape index (κ1) is 8.37. The number of hydrogen-bond donors (Lipinski definition) is 0. The van der Waals surface area contributed by atoms with Gasteiger partial charge in [-0.25, -0.2) is 0 Å². The molecule has 0 N–H and O–H groups in total. The summed E-state index contributed by atoms with van der Waals surface area (Å²) in [5, 5.41) is 0. The molecule has 0 aromatic rings. The maximum atomic E-state index is 10.5. The maximum absolute atomic E-state index is 10.5. The van der Waals surface area contributed by atoms with Gasteiger partial charge in [-0.1, -0.05) is 13.0 Å². The Balaban J connectivity index is 3.32. The predicted molar refractivity (Wildman–Crippen MR) is 36.3 cm³/mol. The van der Waals surface area contributed by atoms with Gasteiger partial charge < -0.3 is 4.74 Å². The van der Waals surface area contributed by atoms with Crippen LogP contribution in [0.3, 0.4) is 0 Å². The summed E-state index contributed by atoms with van der Waals surface area (Å²) >= 11 is 0. The second-order valence-electron chi connectivity index (χ2n) is 1.68. The summed E-state index contributed by atoms with van der Waals surface area (Å²) in [6.45, 7) is 2.35. The van der Waals surface area contributed by atoms with Crippen molar-refractivity contribution in [3.05, 3.63) is 12.2 Å². The van der Waals surface area contributed by atoms with Crippen molar-refractivity contribution in [3.63, 3.8) is 0 Å². The summed E-state index contributed by atoms with van der Waals surface area (Å²) in [7, 11) is 1.60. The third kappa shape index (κ3) is 5.24. The number of ketones is 1. The zero-order valence-electron chi connectivity index (χ0n) is 5.89. The van der Waals surface area contributed by atoms with Gasteiger partial charge in [-0.15, -0.1) is 0 Å². The van der Waals surface area contributed by atoms with Gasteiger partial charge in [0.05, 0.1) is 6.61 Å². The third-order valence-corrected chi connectivity index (χ3v) is 0.915. The number of rotatable bonds is 4. The molecule has 52 valence electrons. The highest BCUT2D eigenvalue weighted by molar-refractivity contribution is 5.89. The van der Waals surface area contributed by atoms with Crippen molar-refractivity contribution in [2.45, 2.75) is 13.3 Å². The van der Waals surface area contributed by atoms with Crippen LogP contribution in [0.1, 0.15) is 13.3 Å². The Bertz CT molecular complexity index is 105. The molecular formula is C7H12O2. The molecule has 0 aromatic carbocycles. The molecule has 9 heavy (non-hydrogen) atoms. The standard InChI is InChI=1S/C7H12O2/c1-3-7(8)5-4-6-9-2/h4-5H,3,6H2,1-2H3/b5-4+. The molecule has 2 nitrogen and oxygen atoms in total. The summed E-state index contributed by atoms with van der Waals surface area (Å²) in [5.74, 6) is 0.145. The van der Waals surface area contributed by atoms with Crippen molar-refractivity contribution < 1.29 is 9.53 Å². The van der Waals surface area contributed by atoms with E-state index in [1.807, 2.05) is 6.92 Å². The molecule has 0 spiro atoms. The van der Waals surface area contributed by atoms with Crippen LogP contribution in [-0.2, 0) is 9.53 Å². The number of allylic oxidation sites excluding steroid dienone is 1. The van der Waals surface area contributed by atoms with E-state index in [2.05, 4.69) is 0 Å². The van der Waals surface area contributed by atoms with Crippen LogP contribution in [0, 0.1) is 0 Å². The lowest BCUT2D eigenvalue weighted by molar-refractivity contribution is -0.114. The molecule has 0 rings (SSSR count). The smallest absolute Gasteiger partial charge is 0.155 e. The Hall–Kier alpha value is -0.630. The van der Waals surface area contributed by atoms with Crippen LogP contribution >= 0.6 is 0 Å². The molecule has 0 unspecified atom stereocenters. The van der Waals surface area contributed by atoms with Gasteiger partial charge in [0.15, 0.2) is 5.78 Å². The minimum absolute atomic E-state index is 0.145. The van der Waals surface area contributed by atoms with Crippen LogP contribution in [0.15, 0.2) is 12.2 Å². The van der Waals surface area contributed by atoms with Gasteiger partial charge >= 0.3 is 0 Å². The third-order valence-electron chi connectivity index (χ3n) is 0.915. The Labute approximate surface area is 55.5 Å². The fraction of sp³-hybridized carbons (Fsp3) is 0.571. The van der Waals surface area contributed by atoms with E-state index in [-0.39, 0.29) is 5.78 Å². The second kappa shape index (κ2) is 5.51. The molecule has 0 amide bonds. The average Bonchev–Trinajstić information content (AvgIpc) is 1.89.